The fraction of sp³-hybridized carbons (Fsp3) is 0.447. The standard InChI is InChI=1S/C47H58O6Si/c1-37-34-44(49-36-39-20-11-6-12-21-39)43(28-32-48-35-38-18-9-5-10-19-38)52-47(37)31-30-46(53-47)29-17-22-40(51-46)27-33-50-54(45(2,3)4,41-23-13-7-14-24-41)42-25-15-8-16-26-42/h5-26,37,40,43-44H,27-36H2,1-4H3/t37-,40+,43-,44-,46+,47-/m1/s1. The van der Waals surface area contributed by atoms with E-state index in [2.05, 4.69) is 137 Å². The third-order valence-electron chi connectivity index (χ3n) is 11.6. The van der Waals surface area contributed by atoms with Gasteiger partial charge in [0.25, 0.3) is 8.32 Å². The van der Waals surface area contributed by atoms with E-state index in [1.807, 2.05) is 24.3 Å². The van der Waals surface area contributed by atoms with Gasteiger partial charge in [-0.05, 0) is 45.8 Å². The van der Waals surface area contributed by atoms with Crippen LogP contribution in [0.5, 0.6) is 0 Å². The molecule has 0 radical (unpaired) electrons. The van der Waals surface area contributed by atoms with Gasteiger partial charge in [-0.3, -0.25) is 0 Å². The average Bonchev–Trinajstić information content (AvgIpc) is 3.54. The molecule has 7 rings (SSSR count). The Labute approximate surface area is 323 Å². The second-order valence-electron chi connectivity index (χ2n) is 16.4. The van der Waals surface area contributed by atoms with Crippen LogP contribution >= 0.6 is 0 Å². The van der Waals surface area contributed by atoms with Gasteiger partial charge in [-0.2, -0.15) is 0 Å². The van der Waals surface area contributed by atoms with E-state index in [4.69, 9.17) is 28.1 Å². The van der Waals surface area contributed by atoms with Crippen molar-refractivity contribution >= 4 is 18.7 Å². The molecule has 0 saturated carbocycles. The zero-order valence-electron chi connectivity index (χ0n) is 32.5. The number of hydrogen-bond donors (Lipinski definition) is 0. The van der Waals surface area contributed by atoms with Gasteiger partial charge < -0.3 is 28.1 Å². The molecule has 3 aliphatic rings. The lowest BCUT2D eigenvalue weighted by molar-refractivity contribution is -0.375. The topological polar surface area (TPSA) is 55.4 Å². The summed E-state index contributed by atoms with van der Waals surface area (Å²) >= 11 is 0. The highest BCUT2D eigenvalue weighted by Gasteiger charge is 2.58. The lowest BCUT2D eigenvalue weighted by Gasteiger charge is -2.48. The summed E-state index contributed by atoms with van der Waals surface area (Å²) in [6, 6.07) is 42.4. The fourth-order valence-electron chi connectivity index (χ4n) is 8.74. The van der Waals surface area contributed by atoms with Crippen LogP contribution in [-0.2, 0) is 41.3 Å². The van der Waals surface area contributed by atoms with Crippen molar-refractivity contribution in [3.63, 3.8) is 0 Å². The molecule has 7 heteroatoms. The third kappa shape index (κ3) is 8.68. The highest BCUT2D eigenvalue weighted by Crippen LogP contribution is 2.52. The minimum Gasteiger partial charge on any atom is -0.407 e. The molecular weight excluding hydrogens is 689 g/mol. The Balaban J connectivity index is 1.02. The van der Waals surface area contributed by atoms with Gasteiger partial charge in [-0.1, -0.05) is 161 Å². The molecule has 2 spiro atoms. The molecule has 4 aromatic carbocycles. The first-order chi connectivity index (χ1) is 26.2. The van der Waals surface area contributed by atoms with E-state index in [1.54, 1.807) is 0 Å². The van der Waals surface area contributed by atoms with Crippen molar-refractivity contribution in [3.05, 3.63) is 145 Å². The molecule has 2 fully saturated rings. The Morgan fingerprint density at radius 3 is 1.91 bits per heavy atom. The SMILES string of the molecule is C[C@@H]1C[C@@H](OCc2ccccc2)[C@@H](CCOCc2ccccc2)O[C@@]12CC[C@]1(CC=C[C@@H](CCO[Si](c3ccccc3)(c3ccccc3)C(C)(C)C)O1)O2. The Morgan fingerprint density at radius 1 is 0.704 bits per heavy atom. The van der Waals surface area contributed by atoms with Crippen molar-refractivity contribution in [1.82, 2.24) is 0 Å². The first-order valence-electron chi connectivity index (χ1n) is 20.0. The number of benzene rings is 4. The lowest BCUT2D eigenvalue weighted by atomic mass is 9.85. The zero-order valence-corrected chi connectivity index (χ0v) is 33.5. The molecule has 3 aliphatic heterocycles. The van der Waals surface area contributed by atoms with E-state index >= 15 is 0 Å². The van der Waals surface area contributed by atoms with E-state index in [0.29, 0.717) is 32.8 Å². The Bertz CT molecular complexity index is 1720. The van der Waals surface area contributed by atoms with Crippen LogP contribution in [0.2, 0.25) is 5.04 Å². The van der Waals surface area contributed by atoms with Crippen molar-refractivity contribution in [2.24, 2.45) is 5.92 Å². The zero-order chi connectivity index (χ0) is 37.5. The van der Waals surface area contributed by atoms with E-state index in [9.17, 15) is 0 Å². The molecule has 0 aromatic heterocycles. The van der Waals surface area contributed by atoms with Crippen molar-refractivity contribution < 1.29 is 28.1 Å². The van der Waals surface area contributed by atoms with Crippen molar-refractivity contribution in [2.45, 2.75) is 114 Å². The molecule has 0 aliphatic carbocycles. The van der Waals surface area contributed by atoms with E-state index in [1.165, 1.54) is 15.9 Å². The molecule has 2 saturated heterocycles. The second-order valence-corrected chi connectivity index (χ2v) is 20.7. The number of ether oxygens (including phenoxy) is 5. The van der Waals surface area contributed by atoms with Gasteiger partial charge >= 0.3 is 0 Å². The second kappa shape index (κ2) is 17.2. The third-order valence-corrected chi connectivity index (χ3v) is 16.6. The van der Waals surface area contributed by atoms with Crippen LogP contribution < -0.4 is 10.4 Å². The fourth-order valence-corrected chi connectivity index (χ4v) is 13.3. The van der Waals surface area contributed by atoms with Crippen LogP contribution in [-0.4, -0.2) is 51.4 Å². The van der Waals surface area contributed by atoms with Gasteiger partial charge in [-0.25, -0.2) is 0 Å². The molecule has 0 unspecified atom stereocenters. The van der Waals surface area contributed by atoms with Crippen LogP contribution in [0, 0.1) is 5.92 Å². The average molecular weight is 747 g/mol. The maximum atomic E-state index is 7.24. The van der Waals surface area contributed by atoms with Crippen LogP contribution in [0.1, 0.15) is 77.3 Å². The van der Waals surface area contributed by atoms with E-state index in [0.717, 1.165) is 37.7 Å². The highest BCUT2D eigenvalue weighted by molar-refractivity contribution is 6.99. The maximum Gasteiger partial charge on any atom is 0.261 e. The van der Waals surface area contributed by atoms with Crippen LogP contribution in [0.3, 0.4) is 0 Å². The molecular formula is C47H58O6Si. The predicted octanol–water partition coefficient (Wildman–Crippen LogP) is 9.12. The Hall–Kier alpha value is -3.40. The largest absolute Gasteiger partial charge is 0.407 e. The summed E-state index contributed by atoms with van der Waals surface area (Å²) in [5.74, 6) is -1.33. The summed E-state index contributed by atoms with van der Waals surface area (Å²) in [7, 11) is -2.64. The molecule has 286 valence electrons. The smallest absolute Gasteiger partial charge is 0.261 e. The summed E-state index contributed by atoms with van der Waals surface area (Å²) < 4.78 is 41.1. The summed E-state index contributed by atoms with van der Waals surface area (Å²) in [5, 5.41) is 2.49. The molecule has 6 atom stereocenters. The summed E-state index contributed by atoms with van der Waals surface area (Å²) in [6.07, 6.45) is 8.66. The molecule has 0 bridgehead atoms. The normalized spacial score (nSPS) is 27.1. The van der Waals surface area contributed by atoms with Gasteiger partial charge in [0.2, 0.25) is 0 Å². The Morgan fingerprint density at radius 2 is 1.30 bits per heavy atom. The van der Waals surface area contributed by atoms with Crippen molar-refractivity contribution in [3.8, 4) is 0 Å². The van der Waals surface area contributed by atoms with Gasteiger partial charge in [0, 0.05) is 38.4 Å². The van der Waals surface area contributed by atoms with Crippen LogP contribution in [0.4, 0.5) is 0 Å². The molecule has 0 N–H and O–H groups in total. The monoisotopic (exact) mass is 746 g/mol. The molecule has 54 heavy (non-hydrogen) atoms. The summed E-state index contributed by atoms with van der Waals surface area (Å²) in [6.45, 7) is 11.5. The van der Waals surface area contributed by atoms with Gasteiger partial charge in [-0.15, -0.1) is 0 Å². The number of rotatable bonds is 14. The van der Waals surface area contributed by atoms with Gasteiger partial charge in [0.05, 0.1) is 31.5 Å². The summed E-state index contributed by atoms with van der Waals surface area (Å²) in [4.78, 5) is 0. The maximum absolute atomic E-state index is 7.24. The first kappa shape index (κ1) is 38.9. The van der Waals surface area contributed by atoms with E-state index < -0.39 is 19.9 Å². The van der Waals surface area contributed by atoms with Crippen molar-refractivity contribution in [1.29, 1.82) is 0 Å². The predicted molar refractivity (Wildman–Crippen MR) is 217 cm³/mol. The minimum atomic E-state index is -2.64. The quantitative estimate of drug-likeness (QED) is 0.0730. The van der Waals surface area contributed by atoms with E-state index in [-0.39, 0.29) is 29.3 Å². The minimum absolute atomic E-state index is 0.0650. The van der Waals surface area contributed by atoms with Crippen LogP contribution in [0.25, 0.3) is 0 Å². The van der Waals surface area contributed by atoms with Gasteiger partial charge in [0.15, 0.2) is 11.6 Å². The molecule has 4 aromatic rings. The van der Waals surface area contributed by atoms with Crippen LogP contribution in [0.15, 0.2) is 133 Å². The van der Waals surface area contributed by atoms with Gasteiger partial charge in [0.1, 0.15) is 0 Å². The number of hydrogen-bond acceptors (Lipinski definition) is 6. The van der Waals surface area contributed by atoms with Crippen molar-refractivity contribution in [2.75, 3.05) is 13.2 Å². The molecule has 3 heterocycles. The highest BCUT2D eigenvalue weighted by atomic mass is 28.4. The lowest BCUT2D eigenvalue weighted by Crippen LogP contribution is -2.66. The molecule has 0 amide bonds. The first-order valence-corrected chi connectivity index (χ1v) is 21.9. The molecule has 6 nitrogen and oxygen atoms in total. The Kier molecular flexibility index (Phi) is 12.4. The summed E-state index contributed by atoms with van der Waals surface area (Å²) in [5.41, 5.74) is 2.33.